The van der Waals surface area contributed by atoms with Gasteiger partial charge in [-0.05, 0) is 18.2 Å². The smallest absolute Gasteiger partial charge is 0.336 e. The lowest BCUT2D eigenvalue weighted by Gasteiger charge is -2.15. The van der Waals surface area contributed by atoms with Gasteiger partial charge in [0.1, 0.15) is 22.5 Å². The molecule has 22 nitrogen and oxygen atoms in total. The van der Waals surface area contributed by atoms with E-state index in [0.717, 1.165) is 70.9 Å². The molecule has 0 saturated heterocycles. The van der Waals surface area contributed by atoms with Crippen molar-refractivity contribution in [3.63, 3.8) is 0 Å². The molecule has 1 heterocycles. The summed E-state index contributed by atoms with van der Waals surface area (Å²) >= 11 is 0. The van der Waals surface area contributed by atoms with E-state index in [1.54, 1.807) is 0 Å². The lowest BCUT2D eigenvalue weighted by atomic mass is 10.1. The monoisotopic (exact) mass is 861 g/mol. The highest BCUT2D eigenvalue weighted by Crippen LogP contribution is 2.40. The molecule has 1 aromatic heterocycles. The average molecular weight is 862 g/mol. The first-order valence-electron chi connectivity index (χ1n) is 16.8. The van der Waals surface area contributed by atoms with Gasteiger partial charge in [-0.1, -0.05) is 0 Å². The molecule has 0 fully saturated rings. The lowest BCUT2D eigenvalue weighted by molar-refractivity contribution is -0.136. The van der Waals surface area contributed by atoms with Gasteiger partial charge in [0.25, 0.3) is 0 Å². The predicted octanol–water partition coefficient (Wildman–Crippen LogP) is 1.21. The molecule has 2 aromatic carbocycles. The zero-order chi connectivity index (χ0) is 45.9. The Morgan fingerprint density at radius 1 is 0.484 bits per heavy atom. The topological polar surface area (TPSA) is 296 Å². The van der Waals surface area contributed by atoms with Gasteiger partial charge in [0.05, 0.1) is 28.4 Å². The Labute approximate surface area is 347 Å². The molecule has 62 heavy (non-hydrogen) atoms. The van der Waals surface area contributed by atoms with Crippen LogP contribution in [0.2, 0.25) is 0 Å². The van der Waals surface area contributed by atoms with Crippen molar-refractivity contribution in [1.29, 1.82) is 0 Å². The number of fused-ring (bicyclic) bond motifs is 1. The Bertz CT molecular complexity index is 2540. The van der Waals surface area contributed by atoms with Gasteiger partial charge < -0.3 is 52.4 Å². The van der Waals surface area contributed by atoms with Gasteiger partial charge in [-0.2, -0.15) is 0 Å². The van der Waals surface area contributed by atoms with E-state index in [2.05, 4.69) is 24.3 Å². The van der Waals surface area contributed by atoms with Gasteiger partial charge in [0, 0.05) is 85.5 Å². The summed E-state index contributed by atoms with van der Waals surface area (Å²) in [5, 5.41) is 1.57. The summed E-state index contributed by atoms with van der Waals surface area (Å²) < 4.78 is 50.1. The maximum Gasteiger partial charge on any atom is 0.336 e. The zero-order valence-corrected chi connectivity index (χ0v) is 32.7. The number of benzene rings is 2. The molecule has 1 N–H and O–H groups in total. The van der Waals surface area contributed by atoms with Gasteiger partial charge >= 0.3 is 53.7 Å². The first-order chi connectivity index (χ1) is 29.5. The van der Waals surface area contributed by atoms with Crippen LogP contribution in [0.25, 0.3) is 22.3 Å². The van der Waals surface area contributed by atoms with Gasteiger partial charge in [-0.15, -0.1) is 0 Å². The minimum Gasteiger partial charge on any atom is -0.466 e. The Morgan fingerprint density at radius 3 is 1.39 bits per heavy atom. The van der Waals surface area contributed by atoms with E-state index in [9.17, 15) is 52.7 Å². The van der Waals surface area contributed by atoms with Crippen LogP contribution in [-0.2, 0) is 66.9 Å². The molecule has 0 atom stereocenters. The quantitative estimate of drug-likeness (QED) is 0.0916. The number of esters is 9. The van der Waals surface area contributed by atoms with Crippen molar-refractivity contribution in [2.45, 2.75) is 0 Å². The number of likely N-dealkylation sites (N-methyl/N-ethyl adjacent to an activating group) is 1. The van der Waals surface area contributed by atoms with Crippen molar-refractivity contribution >= 4 is 70.6 Å². The fourth-order valence-corrected chi connectivity index (χ4v) is 4.23. The Hall–Kier alpha value is -8.95. The summed E-state index contributed by atoms with van der Waals surface area (Å²) in [6.45, 7) is 0. The number of methoxy groups -OCH3 is 4. The van der Waals surface area contributed by atoms with Crippen molar-refractivity contribution in [2.24, 2.45) is 0 Å². The largest absolute Gasteiger partial charge is 0.466 e. The summed E-state index contributed by atoms with van der Waals surface area (Å²) in [7, 11) is 5.39. The van der Waals surface area contributed by atoms with E-state index in [4.69, 9.17) is 28.1 Å². The van der Waals surface area contributed by atoms with Crippen LogP contribution >= 0.6 is 0 Å². The number of nitrogens with one attached hydrogen (secondary N) is 1. The summed E-state index contributed by atoms with van der Waals surface area (Å²) in [6.07, 6.45) is 6.74. The molecule has 322 valence electrons. The molecule has 1 amide bonds. The third kappa shape index (κ3) is 14.2. The van der Waals surface area contributed by atoms with E-state index >= 15 is 0 Å². The van der Waals surface area contributed by atoms with E-state index in [-0.39, 0.29) is 5.56 Å². The number of rotatable bonds is 16. The van der Waals surface area contributed by atoms with Crippen LogP contribution < -0.4 is 34.4 Å². The number of amides is 1. The Balaban J connectivity index is 2.41. The van der Waals surface area contributed by atoms with Crippen LogP contribution in [0.3, 0.4) is 0 Å². The van der Waals surface area contributed by atoms with Crippen LogP contribution in [0, 0.1) is 0 Å². The number of hydrogen-bond donors (Lipinski definition) is 1. The normalized spacial score (nSPS) is 11.0. The summed E-state index contributed by atoms with van der Waals surface area (Å²) in [6, 6.07) is 4.81. The minimum atomic E-state index is -1.38. The minimum absolute atomic E-state index is 0.297. The van der Waals surface area contributed by atoms with Crippen molar-refractivity contribution in [3.05, 3.63) is 101 Å². The van der Waals surface area contributed by atoms with E-state index < -0.39 is 111 Å². The number of ether oxygens (including phenoxy) is 9. The van der Waals surface area contributed by atoms with Crippen LogP contribution in [0.1, 0.15) is 0 Å². The van der Waals surface area contributed by atoms with Crippen molar-refractivity contribution in [2.75, 3.05) is 35.5 Å². The van der Waals surface area contributed by atoms with Gasteiger partial charge in [0.2, 0.25) is 17.1 Å². The molecule has 0 bridgehead atoms. The maximum atomic E-state index is 14.4. The number of hydrogen-bond acceptors (Lipinski definition) is 21. The van der Waals surface area contributed by atoms with Crippen LogP contribution in [0.15, 0.2) is 100 Å². The van der Waals surface area contributed by atoms with Gasteiger partial charge in [-0.3, -0.25) is 9.59 Å². The summed E-state index contributed by atoms with van der Waals surface area (Å²) in [4.78, 5) is 136. The zero-order valence-electron chi connectivity index (χ0n) is 32.7. The van der Waals surface area contributed by atoms with Crippen molar-refractivity contribution in [3.8, 4) is 40.1 Å². The first kappa shape index (κ1) is 47.4. The molecule has 0 saturated carbocycles. The van der Waals surface area contributed by atoms with E-state index in [1.807, 2.05) is 0 Å². The second-order valence-electron chi connectivity index (χ2n) is 11.0. The van der Waals surface area contributed by atoms with Crippen LogP contribution in [-0.4, -0.2) is 95.1 Å². The molecular weight excluding hydrogens is 830 g/mol. The van der Waals surface area contributed by atoms with Gasteiger partial charge in [-0.25, -0.2) is 43.2 Å². The van der Waals surface area contributed by atoms with Crippen LogP contribution in [0.4, 0.5) is 0 Å². The second kappa shape index (κ2) is 22.8. The summed E-state index contributed by atoms with van der Waals surface area (Å²) in [5.41, 5.74) is -2.14. The van der Waals surface area contributed by atoms with E-state index in [0.29, 0.717) is 48.6 Å². The first-order valence-corrected chi connectivity index (χ1v) is 16.8. The van der Waals surface area contributed by atoms with E-state index in [1.165, 1.54) is 7.05 Å². The van der Waals surface area contributed by atoms with Crippen molar-refractivity contribution in [1.82, 2.24) is 5.32 Å². The van der Waals surface area contributed by atoms with Gasteiger partial charge in [0.15, 0.2) is 17.3 Å². The molecule has 3 rings (SSSR count). The fourth-order valence-electron chi connectivity index (χ4n) is 4.23. The molecule has 3 aromatic rings. The molecular formula is C40H31NO21. The third-order valence-corrected chi connectivity index (χ3v) is 6.99. The third-order valence-electron chi connectivity index (χ3n) is 6.99. The SMILES string of the molecule is CNC(=O)/C=C/C(=O)Oc1cc(-c2oc3cc(OC(=O)/C=C/C(=O)OC)cc(OC(=O)/C=C/C(=O)OC)c3c(=O)c2OC(=O)/C=C/C(=O)OC)ccc1OC(=O)/C=C/C(=O)OC. The maximum absolute atomic E-state index is 14.4. The van der Waals surface area contributed by atoms with Crippen LogP contribution in [0.5, 0.6) is 28.7 Å². The molecule has 0 aliphatic rings. The highest BCUT2D eigenvalue weighted by Gasteiger charge is 2.26. The standard InChI is InChI=1S/C40H31NO21/c1-41-27(42)8-9-33(48)59-24-18-21(6-7-23(24)58-34(49)15-11-29(44)54-3)39-40(62-36(51)17-13-31(46)56-5)38(52)37-25(60-35(50)16-12-30(45)55-4)19-22(20-26(37)61-39)57-32(47)14-10-28(43)53-2/h6-20H,1-5H3,(H,41,42)/b9-8+,14-10+,15-11+,16-12+,17-13+. The Kier molecular flexibility index (Phi) is 17.5. The molecule has 0 spiro atoms. The molecule has 0 unspecified atom stereocenters. The Morgan fingerprint density at radius 2 is 0.903 bits per heavy atom. The summed E-state index contributed by atoms with van der Waals surface area (Å²) in [5.74, 6) is -14.8. The number of carbonyl (C=O) groups is 10. The average Bonchev–Trinajstić information content (AvgIpc) is 3.25. The predicted molar refractivity (Wildman–Crippen MR) is 204 cm³/mol. The highest BCUT2D eigenvalue weighted by molar-refractivity contribution is 5.99. The molecule has 0 aliphatic heterocycles. The molecule has 0 radical (unpaired) electrons. The van der Waals surface area contributed by atoms with Crippen molar-refractivity contribution < 1.29 is 95.0 Å². The fraction of sp³-hybridized carbons (Fsp3) is 0.125. The highest BCUT2D eigenvalue weighted by atomic mass is 16.6. The second-order valence-corrected chi connectivity index (χ2v) is 11.0. The molecule has 22 heteroatoms. The lowest BCUT2D eigenvalue weighted by Crippen LogP contribution is -2.17. The molecule has 0 aliphatic carbocycles. The number of carbonyl (C=O) groups excluding carboxylic acids is 10.